The number of aromatic nitrogens is 3. The van der Waals surface area contributed by atoms with Crippen molar-refractivity contribution in [3.8, 4) is 21.8 Å². The third-order valence-electron chi connectivity index (χ3n) is 5.51. The lowest BCUT2D eigenvalue weighted by atomic mass is 10.0. The van der Waals surface area contributed by atoms with Crippen LogP contribution in [0, 0.1) is 17.5 Å². The first-order valence-electron chi connectivity index (χ1n) is 10.7. The summed E-state index contributed by atoms with van der Waals surface area (Å²) in [5.74, 6) is -1.87. The first-order chi connectivity index (χ1) is 17.0. The average molecular weight is 535 g/mol. The summed E-state index contributed by atoms with van der Waals surface area (Å²) in [7, 11) is 0. The average Bonchev–Trinajstić information content (AvgIpc) is 3.30. The van der Waals surface area contributed by atoms with Gasteiger partial charge in [0.25, 0.3) is 0 Å². The van der Waals surface area contributed by atoms with Gasteiger partial charge in [-0.3, -0.25) is 0 Å². The van der Waals surface area contributed by atoms with Gasteiger partial charge in [0, 0.05) is 30.9 Å². The summed E-state index contributed by atoms with van der Waals surface area (Å²) < 4.78 is 51.9. The van der Waals surface area contributed by atoms with Crippen LogP contribution in [0.3, 0.4) is 0 Å². The van der Waals surface area contributed by atoms with E-state index in [0.717, 1.165) is 30.0 Å². The number of thiazole rings is 1. The van der Waals surface area contributed by atoms with Gasteiger partial charge in [0.05, 0.1) is 31.9 Å². The SMILES string of the molecule is Fc1cccc(F)c1SNc1cccc(-c2nc(C3CCOCC3)sc2-c2ccnc(Cl)n2)c1F. The van der Waals surface area contributed by atoms with Crippen LogP contribution in [-0.4, -0.2) is 28.2 Å². The Kier molecular flexibility index (Phi) is 7.24. The normalized spacial score (nSPS) is 14.3. The highest BCUT2D eigenvalue weighted by Gasteiger charge is 2.26. The Morgan fingerprint density at radius 1 is 1.00 bits per heavy atom. The fourth-order valence-electron chi connectivity index (χ4n) is 3.75. The van der Waals surface area contributed by atoms with E-state index in [0.29, 0.717) is 41.4 Å². The number of halogens is 4. The highest BCUT2D eigenvalue weighted by atomic mass is 35.5. The van der Waals surface area contributed by atoms with Crippen LogP contribution in [0.15, 0.2) is 53.6 Å². The van der Waals surface area contributed by atoms with Gasteiger partial charge in [-0.25, -0.2) is 28.1 Å². The van der Waals surface area contributed by atoms with Crippen LogP contribution < -0.4 is 4.72 Å². The van der Waals surface area contributed by atoms with Crippen LogP contribution in [0.25, 0.3) is 21.8 Å². The van der Waals surface area contributed by atoms with Crippen LogP contribution >= 0.6 is 34.9 Å². The number of anilines is 1. The number of hydrogen-bond acceptors (Lipinski definition) is 7. The fraction of sp³-hybridized carbons (Fsp3) is 0.208. The molecule has 4 aromatic rings. The van der Waals surface area contributed by atoms with E-state index in [4.69, 9.17) is 21.3 Å². The van der Waals surface area contributed by atoms with Gasteiger partial charge in [-0.2, -0.15) is 0 Å². The van der Waals surface area contributed by atoms with Gasteiger partial charge in [0.2, 0.25) is 5.28 Å². The molecule has 0 radical (unpaired) electrons. The first kappa shape index (κ1) is 24.1. The molecule has 1 fully saturated rings. The molecule has 35 heavy (non-hydrogen) atoms. The van der Waals surface area contributed by atoms with Gasteiger partial charge in [-0.1, -0.05) is 12.1 Å². The van der Waals surface area contributed by atoms with Crippen molar-refractivity contribution in [3.63, 3.8) is 0 Å². The molecule has 0 bridgehead atoms. The topological polar surface area (TPSA) is 59.9 Å². The number of nitrogens with zero attached hydrogens (tertiary/aromatic N) is 3. The molecule has 0 atom stereocenters. The van der Waals surface area contributed by atoms with Gasteiger partial charge >= 0.3 is 0 Å². The van der Waals surface area contributed by atoms with Crippen molar-refractivity contribution in [1.29, 1.82) is 0 Å². The van der Waals surface area contributed by atoms with Gasteiger partial charge in [0.1, 0.15) is 11.6 Å². The third kappa shape index (κ3) is 5.16. The Morgan fingerprint density at radius 3 is 2.49 bits per heavy atom. The monoisotopic (exact) mass is 534 g/mol. The maximum Gasteiger partial charge on any atom is 0.222 e. The molecular formula is C24H18ClF3N4OS2. The minimum absolute atomic E-state index is 0.0717. The predicted octanol–water partition coefficient (Wildman–Crippen LogP) is 7.35. The lowest BCUT2D eigenvalue weighted by Crippen LogP contribution is -2.13. The minimum atomic E-state index is -0.734. The molecule has 180 valence electrons. The highest BCUT2D eigenvalue weighted by molar-refractivity contribution is 8.00. The molecule has 1 aliphatic heterocycles. The summed E-state index contributed by atoms with van der Waals surface area (Å²) in [4.78, 5) is 13.5. The van der Waals surface area contributed by atoms with Crippen LogP contribution in [-0.2, 0) is 4.74 Å². The molecule has 5 nitrogen and oxygen atoms in total. The molecule has 0 spiro atoms. The smallest absolute Gasteiger partial charge is 0.222 e. The summed E-state index contributed by atoms with van der Waals surface area (Å²) in [6.07, 6.45) is 3.19. The van der Waals surface area contributed by atoms with Crippen molar-refractivity contribution in [2.45, 2.75) is 23.7 Å². The Balaban J connectivity index is 1.54. The standard InChI is InChI=1S/C24H18ClF3N4OS2/c25-24-29-10-7-18(30-24)22-20(31-23(34-22)13-8-11-33-12-9-13)14-3-1-6-17(19(14)28)32-35-21-15(26)4-2-5-16(21)27/h1-7,10,13,32H,8-9,11-12H2. The van der Waals surface area contributed by atoms with E-state index in [9.17, 15) is 8.78 Å². The van der Waals surface area contributed by atoms with E-state index in [1.165, 1.54) is 29.7 Å². The van der Waals surface area contributed by atoms with Gasteiger partial charge in [-0.05, 0) is 66.7 Å². The fourth-order valence-corrected chi connectivity index (χ4v) is 5.82. The molecule has 3 heterocycles. The quantitative estimate of drug-likeness (QED) is 0.206. The largest absolute Gasteiger partial charge is 0.381 e. The number of hydrogen-bond donors (Lipinski definition) is 1. The van der Waals surface area contributed by atoms with Crippen LogP contribution in [0.1, 0.15) is 23.8 Å². The van der Waals surface area contributed by atoms with Crippen molar-refractivity contribution < 1.29 is 17.9 Å². The van der Waals surface area contributed by atoms with Crippen LogP contribution in [0.2, 0.25) is 5.28 Å². The summed E-state index contributed by atoms with van der Waals surface area (Å²) in [5.41, 5.74) is 1.28. The molecule has 5 rings (SSSR count). The maximum atomic E-state index is 15.7. The van der Waals surface area contributed by atoms with Gasteiger partial charge < -0.3 is 9.46 Å². The zero-order chi connectivity index (χ0) is 24.4. The molecule has 0 amide bonds. The van der Waals surface area contributed by atoms with Crippen molar-refractivity contribution in [2.75, 3.05) is 17.9 Å². The number of ether oxygens (including phenoxy) is 1. The Hall–Kier alpha value is -2.66. The molecule has 2 aromatic heterocycles. The summed E-state index contributed by atoms with van der Waals surface area (Å²) >= 11 is 8.14. The highest BCUT2D eigenvalue weighted by Crippen LogP contribution is 2.42. The van der Waals surface area contributed by atoms with Gasteiger partial charge in [-0.15, -0.1) is 11.3 Å². The molecule has 0 unspecified atom stereocenters. The van der Waals surface area contributed by atoms with Crippen LogP contribution in [0.4, 0.5) is 18.9 Å². The van der Waals surface area contributed by atoms with E-state index >= 15 is 4.39 Å². The molecule has 1 saturated heterocycles. The Labute approximate surface area is 212 Å². The first-order valence-corrected chi connectivity index (χ1v) is 12.8. The van der Waals surface area contributed by atoms with E-state index in [1.807, 2.05) is 0 Å². The number of rotatable bonds is 6. The lowest BCUT2D eigenvalue weighted by Gasteiger charge is -2.19. The molecular weight excluding hydrogens is 517 g/mol. The second-order valence-electron chi connectivity index (χ2n) is 7.75. The van der Waals surface area contributed by atoms with Crippen molar-refractivity contribution in [1.82, 2.24) is 15.0 Å². The predicted molar refractivity (Wildman–Crippen MR) is 132 cm³/mol. The van der Waals surface area contributed by atoms with Crippen molar-refractivity contribution in [3.05, 3.63) is 76.4 Å². The summed E-state index contributed by atoms with van der Waals surface area (Å²) in [6.45, 7) is 1.29. The summed E-state index contributed by atoms with van der Waals surface area (Å²) in [5, 5.41) is 0.947. The van der Waals surface area contributed by atoms with E-state index in [1.54, 1.807) is 18.2 Å². The minimum Gasteiger partial charge on any atom is -0.381 e. The molecule has 1 N–H and O–H groups in total. The van der Waals surface area contributed by atoms with E-state index in [-0.39, 0.29) is 27.3 Å². The Morgan fingerprint density at radius 2 is 1.74 bits per heavy atom. The van der Waals surface area contributed by atoms with Gasteiger partial charge in [0.15, 0.2) is 5.82 Å². The van der Waals surface area contributed by atoms with E-state index < -0.39 is 17.5 Å². The molecule has 2 aromatic carbocycles. The maximum absolute atomic E-state index is 15.7. The summed E-state index contributed by atoms with van der Waals surface area (Å²) in [6, 6.07) is 10.0. The zero-order valence-corrected chi connectivity index (χ0v) is 20.5. The van der Waals surface area contributed by atoms with Crippen LogP contribution in [0.5, 0.6) is 0 Å². The third-order valence-corrected chi connectivity index (χ3v) is 7.85. The number of nitrogens with one attached hydrogen (secondary N) is 1. The molecule has 0 aliphatic carbocycles. The number of benzene rings is 2. The van der Waals surface area contributed by atoms with Crippen molar-refractivity contribution in [2.24, 2.45) is 0 Å². The molecule has 11 heteroatoms. The molecule has 1 aliphatic rings. The van der Waals surface area contributed by atoms with E-state index in [2.05, 4.69) is 14.7 Å². The second-order valence-corrected chi connectivity index (χ2v) is 9.93. The second kappa shape index (κ2) is 10.5. The lowest BCUT2D eigenvalue weighted by molar-refractivity contribution is 0.0853. The zero-order valence-electron chi connectivity index (χ0n) is 18.1. The van der Waals surface area contributed by atoms with Crippen molar-refractivity contribution >= 4 is 40.6 Å². The molecule has 0 saturated carbocycles. The Bertz CT molecular complexity index is 1340.